The largest absolute Gasteiger partial charge is 0.345 e. The summed E-state index contributed by atoms with van der Waals surface area (Å²) in [5, 5.41) is 13.7. The summed E-state index contributed by atoms with van der Waals surface area (Å²) >= 11 is 0. The van der Waals surface area contributed by atoms with Crippen molar-refractivity contribution in [1.82, 2.24) is 10.3 Å². The third kappa shape index (κ3) is 3.22. The number of nitro groups is 1. The molecule has 6 heteroatoms. The molecule has 1 amide bonds. The van der Waals surface area contributed by atoms with Crippen molar-refractivity contribution >= 4 is 11.6 Å². The summed E-state index contributed by atoms with van der Waals surface area (Å²) in [6.07, 6.45) is 3.33. The number of hydrogen-bond acceptors (Lipinski definition) is 4. The zero-order chi connectivity index (χ0) is 15.4. The zero-order valence-electron chi connectivity index (χ0n) is 11.7. The highest BCUT2D eigenvalue weighted by molar-refractivity contribution is 5.96. The summed E-state index contributed by atoms with van der Waals surface area (Å²) in [5.74, 6) is -0.340. The van der Waals surface area contributed by atoms with Crippen LogP contribution < -0.4 is 5.32 Å². The minimum Gasteiger partial charge on any atom is -0.345 e. The second kappa shape index (κ2) is 6.13. The van der Waals surface area contributed by atoms with Crippen molar-refractivity contribution in [3.05, 3.63) is 69.5 Å². The molecule has 0 saturated carbocycles. The molecule has 2 rings (SSSR count). The van der Waals surface area contributed by atoms with Crippen LogP contribution in [0.4, 0.5) is 5.69 Å². The lowest BCUT2D eigenvalue weighted by Crippen LogP contribution is -2.27. The second-order valence-corrected chi connectivity index (χ2v) is 4.69. The van der Waals surface area contributed by atoms with Gasteiger partial charge in [0.05, 0.1) is 11.0 Å². The van der Waals surface area contributed by atoms with Crippen LogP contribution in [0.1, 0.15) is 34.5 Å². The summed E-state index contributed by atoms with van der Waals surface area (Å²) in [4.78, 5) is 26.7. The molecule has 1 aromatic carbocycles. The number of pyridine rings is 1. The first-order valence-corrected chi connectivity index (χ1v) is 6.45. The Hall–Kier alpha value is -2.76. The first kappa shape index (κ1) is 14.6. The van der Waals surface area contributed by atoms with Crippen LogP contribution in [-0.4, -0.2) is 15.8 Å². The van der Waals surface area contributed by atoms with E-state index in [2.05, 4.69) is 10.3 Å². The lowest BCUT2D eigenvalue weighted by Gasteiger charge is -2.14. The van der Waals surface area contributed by atoms with Crippen LogP contribution >= 0.6 is 0 Å². The number of nitrogens with zero attached hydrogens (tertiary/aromatic N) is 2. The number of rotatable bonds is 4. The lowest BCUT2D eigenvalue weighted by molar-refractivity contribution is -0.385. The molecule has 1 N–H and O–H groups in total. The Balaban J connectivity index is 2.22. The van der Waals surface area contributed by atoms with Crippen molar-refractivity contribution in [2.45, 2.75) is 19.9 Å². The van der Waals surface area contributed by atoms with E-state index in [0.717, 1.165) is 5.56 Å². The highest BCUT2D eigenvalue weighted by Gasteiger charge is 2.19. The third-order valence-electron chi connectivity index (χ3n) is 3.28. The smallest absolute Gasteiger partial charge is 0.273 e. The maximum absolute atomic E-state index is 12.3. The number of nitrogens with one attached hydrogen (secondary N) is 1. The molecule has 1 unspecified atom stereocenters. The van der Waals surface area contributed by atoms with Crippen LogP contribution in [0.2, 0.25) is 0 Å². The molecular weight excluding hydrogens is 270 g/mol. The molecular formula is C15H15N3O3. The highest BCUT2D eigenvalue weighted by atomic mass is 16.6. The van der Waals surface area contributed by atoms with Gasteiger partial charge in [0.1, 0.15) is 0 Å². The number of nitro benzene ring substituents is 1. The summed E-state index contributed by atoms with van der Waals surface area (Å²) in [7, 11) is 0. The first-order valence-electron chi connectivity index (χ1n) is 6.45. The van der Waals surface area contributed by atoms with Crippen molar-refractivity contribution in [2.24, 2.45) is 0 Å². The molecule has 0 radical (unpaired) electrons. The highest BCUT2D eigenvalue weighted by Crippen LogP contribution is 2.21. The maximum atomic E-state index is 12.3. The SMILES string of the molecule is Cc1c(C(=O)NC(C)c2cccnc2)cccc1[N+](=O)[O-]. The minimum absolute atomic E-state index is 0.0586. The summed E-state index contributed by atoms with van der Waals surface area (Å²) in [5.41, 5.74) is 1.48. The Labute approximate surface area is 122 Å². The van der Waals surface area contributed by atoms with Gasteiger partial charge in [-0.3, -0.25) is 19.9 Å². The molecule has 1 atom stereocenters. The fraction of sp³-hybridized carbons (Fsp3) is 0.200. The molecule has 0 bridgehead atoms. The van der Waals surface area contributed by atoms with Gasteiger partial charge >= 0.3 is 0 Å². The monoisotopic (exact) mass is 285 g/mol. The molecule has 0 aliphatic heterocycles. The molecule has 1 heterocycles. The molecule has 108 valence electrons. The topological polar surface area (TPSA) is 85.1 Å². The Morgan fingerprint density at radius 2 is 2.10 bits per heavy atom. The van der Waals surface area contributed by atoms with Crippen LogP contribution in [0.25, 0.3) is 0 Å². The van der Waals surface area contributed by atoms with Gasteiger partial charge in [-0.15, -0.1) is 0 Å². The summed E-state index contributed by atoms with van der Waals surface area (Å²) < 4.78 is 0. The van der Waals surface area contributed by atoms with E-state index in [0.29, 0.717) is 11.1 Å². The van der Waals surface area contributed by atoms with Crippen molar-refractivity contribution in [1.29, 1.82) is 0 Å². The molecule has 0 fully saturated rings. The number of carbonyl (C=O) groups excluding carboxylic acids is 1. The van der Waals surface area contributed by atoms with E-state index in [1.807, 2.05) is 13.0 Å². The van der Waals surface area contributed by atoms with Gasteiger partial charge in [0.25, 0.3) is 11.6 Å². The van der Waals surface area contributed by atoms with E-state index in [1.54, 1.807) is 31.5 Å². The van der Waals surface area contributed by atoms with E-state index in [1.165, 1.54) is 12.1 Å². The average molecular weight is 285 g/mol. The van der Waals surface area contributed by atoms with E-state index >= 15 is 0 Å². The van der Waals surface area contributed by atoms with Crippen molar-refractivity contribution in [3.8, 4) is 0 Å². The molecule has 1 aromatic heterocycles. The average Bonchev–Trinajstić information content (AvgIpc) is 2.47. The molecule has 6 nitrogen and oxygen atoms in total. The van der Waals surface area contributed by atoms with Gasteiger partial charge < -0.3 is 5.32 Å². The van der Waals surface area contributed by atoms with Crippen LogP contribution in [0, 0.1) is 17.0 Å². The molecule has 21 heavy (non-hydrogen) atoms. The van der Waals surface area contributed by atoms with E-state index in [9.17, 15) is 14.9 Å². The molecule has 0 saturated heterocycles. The van der Waals surface area contributed by atoms with Crippen LogP contribution in [-0.2, 0) is 0 Å². The standard InChI is InChI=1S/C15H15N3O3/c1-10-13(6-3-7-14(10)18(20)21)15(19)17-11(2)12-5-4-8-16-9-12/h3-9,11H,1-2H3,(H,17,19). The maximum Gasteiger partial charge on any atom is 0.273 e. The normalized spacial score (nSPS) is 11.7. The van der Waals surface area contributed by atoms with Gasteiger partial charge in [-0.2, -0.15) is 0 Å². The number of amides is 1. The van der Waals surface area contributed by atoms with Gasteiger partial charge in [0.2, 0.25) is 0 Å². The van der Waals surface area contributed by atoms with Crippen LogP contribution in [0.15, 0.2) is 42.7 Å². The van der Waals surface area contributed by atoms with E-state index < -0.39 is 4.92 Å². The van der Waals surface area contributed by atoms with Gasteiger partial charge in [0.15, 0.2) is 0 Å². The predicted octanol–water partition coefficient (Wildman–Crippen LogP) is 2.79. The van der Waals surface area contributed by atoms with Crippen LogP contribution in [0.5, 0.6) is 0 Å². The molecule has 0 spiro atoms. The van der Waals surface area contributed by atoms with Crippen molar-refractivity contribution in [3.63, 3.8) is 0 Å². The number of benzene rings is 1. The predicted molar refractivity (Wildman–Crippen MR) is 78.0 cm³/mol. The Morgan fingerprint density at radius 1 is 1.33 bits per heavy atom. The minimum atomic E-state index is -0.489. The lowest BCUT2D eigenvalue weighted by atomic mass is 10.0. The van der Waals surface area contributed by atoms with Crippen LogP contribution in [0.3, 0.4) is 0 Å². The quantitative estimate of drug-likeness (QED) is 0.691. The van der Waals surface area contributed by atoms with Gasteiger partial charge in [-0.25, -0.2) is 0 Å². The third-order valence-corrected chi connectivity index (χ3v) is 3.28. The Morgan fingerprint density at radius 3 is 2.71 bits per heavy atom. The summed E-state index contributed by atoms with van der Waals surface area (Å²) in [6.45, 7) is 3.41. The second-order valence-electron chi connectivity index (χ2n) is 4.69. The molecule has 0 aliphatic carbocycles. The van der Waals surface area contributed by atoms with Gasteiger partial charge in [0, 0.05) is 29.6 Å². The van der Waals surface area contributed by atoms with E-state index in [-0.39, 0.29) is 17.6 Å². The summed E-state index contributed by atoms with van der Waals surface area (Å²) in [6, 6.07) is 7.89. The Kier molecular flexibility index (Phi) is 4.27. The fourth-order valence-electron chi connectivity index (χ4n) is 2.06. The Bertz CT molecular complexity index is 671. The number of hydrogen-bond donors (Lipinski definition) is 1. The molecule has 2 aromatic rings. The number of carbonyl (C=O) groups is 1. The van der Waals surface area contributed by atoms with Crippen molar-refractivity contribution < 1.29 is 9.72 Å². The van der Waals surface area contributed by atoms with Gasteiger partial charge in [-0.1, -0.05) is 12.1 Å². The first-order chi connectivity index (χ1) is 10.0. The fourth-order valence-corrected chi connectivity index (χ4v) is 2.06. The van der Waals surface area contributed by atoms with E-state index in [4.69, 9.17) is 0 Å². The zero-order valence-corrected chi connectivity index (χ0v) is 11.7. The number of aromatic nitrogens is 1. The van der Waals surface area contributed by atoms with Gasteiger partial charge in [-0.05, 0) is 31.5 Å². The molecule has 0 aliphatic rings. The van der Waals surface area contributed by atoms with Crippen molar-refractivity contribution in [2.75, 3.05) is 0 Å².